The third-order valence-electron chi connectivity index (χ3n) is 3.18. The summed E-state index contributed by atoms with van der Waals surface area (Å²) < 4.78 is 4.93. The Bertz CT molecular complexity index is 220. The number of aliphatic hydroxyl groups is 1. The zero-order chi connectivity index (χ0) is 12.0. The molecule has 0 aromatic heterocycles. The highest BCUT2D eigenvalue weighted by molar-refractivity contribution is 5.78. The number of nitrogens with one attached hydrogen (secondary N) is 1. The molecule has 4 nitrogen and oxygen atoms in total. The van der Waals surface area contributed by atoms with Gasteiger partial charge in [0.05, 0.1) is 18.6 Å². The van der Waals surface area contributed by atoms with Crippen LogP contribution in [0, 0.1) is 11.8 Å². The minimum Gasteiger partial charge on any atom is -0.393 e. The fraction of sp³-hybridized carbons (Fsp3) is 0.917. The largest absolute Gasteiger partial charge is 0.393 e. The molecule has 3 unspecified atom stereocenters. The molecule has 0 heterocycles. The van der Waals surface area contributed by atoms with Crippen molar-refractivity contribution in [2.24, 2.45) is 11.8 Å². The highest BCUT2D eigenvalue weighted by atomic mass is 16.5. The molecule has 1 saturated carbocycles. The molecule has 1 amide bonds. The zero-order valence-electron chi connectivity index (χ0n) is 10.2. The van der Waals surface area contributed by atoms with Crippen LogP contribution in [0.1, 0.15) is 32.6 Å². The van der Waals surface area contributed by atoms with Crippen molar-refractivity contribution in [3.63, 3.8) is 0 Å². The Kier molecular flexibility index (Phi) is 5.77. The van der Waals surface area contributed by atoms with Gasteiger partial charge in [0, 0.05) is 13.7 Å². The molecule has 3 atom stereocenters. The van der Waals surface area contributed by atoms with Crippen LogP contribution in [0.3, 0.4) is 0 Å². The maximum absolute atomic E-state index is 11.6. The van der Waals surface area contributed by atoms with Gasteiger partial charge >= 0.3 is 0 Å². The summed E-state index contributed by atoms with van der Waals surface area (Å²) in [6, 6.07) is 0. The van der Waals surface area contributed by atoms with Gasteiger partial charge in [-0.15, -0.1) is 0 Å². The molecule has 0 aliphatic heterocycles. The summed E-state index contributed by atoms with van der Waals surface area (Å²) in [6.45, 7) is 3.00. The van der Waals surface area contributed by atoms with Crippen LogP contribution >= 0.6 is 0 Å². The summed E-state index contributed by atoms with van der Waals surface area (Å²) in [5.41, 5.74) is 0. The first-order valence-corrected chi connectivity index (χ1v) is 6.08. The van der Waals surface area contributed by atoms with E-state index < -0.39 is 0 Å². The van der Waals surface area contributed by atoms with Crippen LogP contribution in [0.15, 0.2) is 0 Å². The topological polar surface area (TPSA) is 58.6 Å². The average molecular weight is 229 g/mol. The van der Waals surface area contributed by atoms with Gasteiger partial charge in [-0.25, -0.2) is 0 Å². The van der Waals surface area contributed by atoms with Crippen molar-refractivity contribution in [2.45, 2.75) is 38.7 Å². The van der Waals surface area contributed by atoms with E-state index in [0.29, 0.717) is 19.1 Å². The molecule has 1 aliphatic carbocycles. The predicted molar refractivity (Wildman–Crippen MR) is 62.0 cm³/mol. The lowest BCUT2D eigenvalue weighted by atomic mass is 9.87. The molecule has 0 radical (unpaired) electrons. The first-order chi connectivity index (χ1) is 7.63. The lowest BCUT2D eigenvalue weighted by molar-refractivity contribution is -0.126. The SMILES string of the molecule is COCC(C)C(=O)NCC1CCCC(O)C1. The van der Waals surface area contributed by atoms with Gasteiger partial charge in [0.2, 0.25) is 5.91 Å². The highest BCUT2D eigenvalue weighted by Crippen LogP contribution is 2.23. The van der Waals surface area contributed by atoms with E-state index in [9.17, 15) is 9.90 Å². The van der Waals surface area contributed by atoms with Crippen molar-refractivity contribution in [3.8, 4) is 0 Å². The van der Waals surface area contributed by atoms with Crippen LogP contribution in [0.25, 0.3) is 0 Å². The van der Waals surface area contributed by atoms with E-state index in [0.717, 1.165) is 25.7 Å². The number of amides is 1. The number of hydrogen-bond acceptors (Lipinski definition) is 3. The van der Waals surface area contributed by atoms with Gasteiger partial charge in [0.1, 0.15) is 0 Å². The second kappa shape index (κ2) is 6.86. The normalized spacial score (nSPS) is 27.4. The quantitative estimate of drug-likeness (QED) is 0.737. The second-order valence-corrected chi connectivity index (χ2v) is 4.79. The second-order valence-electron chi connectivity index (χ2n) is 4.79. The molecule has 0 saturated heterocycles. The van der Waals surface area contributed by atoms with Gasteiger partial charge in [0.25, 0.3) is 0 Å². The van der Waals surface area contributed by atoms with Crippen molar-refractivity contribution in [3.05, 3.63) is 0 Å². The lowest BCUT2D eigenvalue weighted by Crippen LogP contribution is -2.36. The summed E-state index contributed by atoms with van der Waals surface area (Å²) in [4.78, 5) is 11.6. The number of hydrogen-bond donors (Lipinski definition) is 2. The molecule has 2 N–H and O–H groups in total. The third kappa shape index (κ3) is 4.49. The maximum atomic E-state index is 11.6. The standard InChI is InChI=1S/C12H23NO3/c1-9(8-16-2)12(15)13-7-10-4-3-5-11(14)6-10/h9-11,14H,3-8H2,1-2H3,(H,13,15). The molecule has 94 valence electrons. The minimum absolute atomic E-state index is 0.0434. The summed E-state index contributed by atoms with van der Waals surface area (Å²) in [6.07, 6.45) is 3.72. The Morgan fingerprint density at radius 3 is 2.94 bits per heavy atom. The smallest absolute Gasteiger partial charge is 0.225 e. The Morgan fingerprint density at radius 1 is 1.56 bits per heavy atom. The van der Waals surface area contributed by atoms with Crippen LogP contribution < -0.4 is 5.32 Å². The van der Waals surface area contributed by atoms with Crippen molar-refractivity contribution in [1.29, 1.82) is 0 Å². The van der Waals surface area contributed by atoms with E-state index in [4.69, 9.17) is 4.74 Å². The molecule has 1 fully saturated rings. The van der Waals surface area contributed by atoms with Gasteiger partial charge in [-0.3, -0.25) is 4.79 Å². The number of rotatable bonds is 5. The van der Waals surface area contributed by atoms with Gasteiger partial charge < -0.3 is 15.2 Å². The number of ether oxygens (including phenoxy) is 1. The Hall–Kier alpha value is -0.610. The summed E-state index contributed by atoms with van der Waals surface area (Å²) >= 11 is 0. The van der Waals surface area contributed by atoms with Gasteiger partial charge in [-0.05, 0) is 25.2 Å². The maximum Gasteiger partial charge on any atom is 0.225 e. The molecule has 1 aliphatic rings. The molecule has 0 aromatic carbocycles. The summed E-state index contributed by atoms with van der Waals surface area (Å²) in [7, 11) is 1.60. The van der Waals surface area contributed by atoms with Crippen molar-refractivity contribution in [1.82, 2.24) is 5.32 Å². The van der Waals surface area contributed by atoms with Crippen molar-refractivity contribution in [2.75, 3.05) is 20.3 Å². The highest BCUT2D eigenvalue weighted by Gasteiger charge is 2.21. The van der Waals surface area contributed by atoms with E-state index in [-0.39, 0.29) is 17.9 Å². The molecular weight excluding hydrogens is 206 g/mol. The molecular formula is C12H23NO3. The van der Waals surface area contributed by atoms with E-state index in [2.05, 4.69) is 5.32 Å². The van der Waals surface area contributed by atoms with Crippen LogP contribution in [-0.2, 0) is 9.53 Å². The Morgan fingerprint density at radius 2 is 2.31 bits per heavy atom. The number of carbonyl (C=O) groups excluding carboxylic acids is 1. The first kappa shape index (κ1) is 13.5. The molecule has 0 bridgehead atoms. The van der Waals surface area contributed by atoms with Crippen LogP contribution in [0.5, 0.6) is 0 Å². The fourth-order valence-corrected chi connectivity index (χ4v) is 2.19. The molecule has 0 spiro atoms. The number of carbonyl (C=O) groups is 1. The van der Waals surface area contributed by atoms with Gasteiger partial charge in [-0.2, -0.15) is 0 Å². The van der Waals surface area contributed by atoms with Gasteiger partial charge in [-0.1, -0.05) is 13.3 Å². The average Bonchev–Trinajstić information content (AvgIpc) is 2.26. The van der Waals surface area contributed by atoms with Crippen LogP contribution in [-0.4, -0.2) is 37.4 Å². The van der Waals surface area contributed by atoms with Gasteiger partial charge in [0.15, 0.2) is 0 Å². The van der Waals surface area contributed by atoms with Crippen LogP contribution in [0.2, 0.25) is 0 Å². The fourth-order valence-electron chi connectivity index (χ4n) is 2.19. The monoisotopic (exact) mass is 229 g/mol. The summed E-state index contributed by atoms with van der Waals surface area (Å²) in [5.74, 6) is 0.378. The first-order valence-electron chi connectivity index (χ1n) is 6.08. The molecule has 0 aromatic rings. The number of aliphatic hydroxyl groups excluding tert-OH is 1. The lowest BCUT2D eigenvalue weighted by Gasteiger charge is -2.26. The third-order valence-corrected chi connectivity index (χ3v) is 3.18. The Labute approximate surface area is 97.4 Å². The van der Waals surface area contributed by atoms with Crippen molar-refractivity contribution < 1.29 is 14.6 Å². The minimum atomic E-state index is -0.174. The molecule has 1 rings (SSSR count). The zero-order valence-corrected chi connectivity index (χ0v) is 10.2. The Balaban J connectivity index is 2.20. The van der Waals surface area contributed by atoms with E-state index >= 15 is 0 Å². The van der Waals surface area contributed by atoms with E-state index in [1.54, 1.807) is 7.11 Å². The van der Waals surface area contributed by atoms with E-state index in [1.165, 1.54) is 0 Å². The van der Waals surface area contributed by atoms with Crippen molar-refractivity contribution >= 4 is 5.91 Å². The predicted octanol–water partition coefficient (Wildman–Crippen LogP) is 0.936. The van der Waals surface area contributed by atoms with E-state index in [1.807, 2.05) is 6.92 Å². The van der Waals surface area contributed by atoms with Crippen LogP contribution in [0.4, 0.5) is 0 Å². The number of methoxy groups -OCH3 is 1. The molecule has 4 heteroatoms. The molecule has 16 heavy (non-hydrogen) atoms. The summed E-state index contributed by atoms with van der Waals surface area (Å²) in [5, 5.41) is 12.4.